The molecule has 9 heavy (non-hydrogen) atoms. The van der Waals surface area contributed by atoms with Crippen LogP contribution in [0.25, 0.3) is 0 Å². The number of hydrogen-bond acceptors (Lipinski definition) is 1. The Labute approximate surface area is 64.0 Å². The Morgan fingerprint density at radius 1 is 1.67 bits per heavy atom. The second kappa shape index (κ2) is 4.65. The van der Waals surface area contributed by atoms with E-state index in [9.17, 15) is 4.79 Å². The first-order chi connectivity index (χ1) is 4.16. The largest absolute Gasteiger partial charge is 0.345 e. The Hall–Kier alpha value is -0.210. The molecule has 0 heterocycles. The maximum Gasteiger partial charge on any atom is 0.209 e. The summed E-state index contributed by atoms with van der Waals surface area (Å²) in [6, 6.07) is 0. The fourth-order valence-corrected chi connectivity index (χ4v) is 0.394. The van der Waals surface area contributed by atoms with Crippen molar-refractivity contribution in [2.24, 2.45) is 0 Å². The van der Waals surface area contributed by atoms with Crippen molar-refractivity contribution in [3.63, 3.8) is 0 Å². The van der Waals surface area contributed by atoms with E-state index in [0.29, 0.717) is 13.0 Å². The lowest BCUT2D eigenvalue weighted by Gasteiger charge is -2.04. The highest BCUT2D eigenvalue weighted by Crippen LogP contribution is 2.04. The number of carbonyl (C=O) groups is 1. The molecule has 0 aromatic rings. The van der Waals surface area contributed by atoms with Crippen molar-refractivity contribution in [2.45, 2.75) is 0 Å². The third-order valence-electron chi connectivity index (χ3n) is 0.714. The average molecular weight is 168 g/mol. The molecule has 1 amide bonds. The third-order valence-corrected chi connectivity index (χ3v) is 1.02. The molecule has 0 saturated carbocycles. The zero-order chi connectivity index (χ0) is 7.28. The first-order valence-corrected chi connectivity index (χ1v) is 3.09. The molecular weight excluding hydrogens is 161 g/mol. The van der Waals surface area contributed by atoms with Crippen molar-refractivity contribution in [3.05, 3.63) is 10.6 Å². The fraction of sp³-hybridized carbons (Fsp3) is 0.400. The maximum atomic E-state index is 9.93. The van der Waals surface area contributed by atoms with Gasteiger partial charge in [-0.05, 0) is 6.08 Å². The van der Waals surface area contributed by atoms with Crippen molar-refractivity contribution in [2.75, 3.05) is 13.6 Å². The summed E-state index contributed by atoms with van der Waals surface area (Å²) < 4.78 is 0.184. The molecular formula is C5H7Cl2NO. The van der Waals surface area contributed by atoms with Crippen LogP contribution in [0.2, 0.25) is 0 Å². The summed E-state index contributed by atoms with van der Waals surface area (Å²) in [6.07, 6.45) is 2.24. The summed E-state index contributed by atoms with van der Waals surface area (Å²) in [7, 11) is 1.64. The van der Waals surface area contributed by atoms with Crippen LogP contribution in [0.3, 0.4) is 0 Å². The SMILES string of the molecule is CN(C=O)CC=C(Cl)Cl. The summed E-state index contributed by atoms with van der Waals surface area (Å²) in [4.78, 5) is 11.3. The zero-order valence-electron chi connectivity index (χ0n) is 4.97. The van der Waals surface area contributed by atoms with Crippen molar-refractivity contribution in [1.82, 2.24) is 4.90 Å². The highest BCUT2D eigenvalue weighted by Gasteiger charge is 1.88. The second-order valence-electron chi connectivity index (χ2n) is 1.54. The predicted molar refractivity (Wildman–Crippen MR) is 38.5 cm³/mol. The van der Waals surface area contributed by atoms with Gasteiger partial charge < -0.3 is 4.90 Å². The summed E-state index contributed by atoms with van der Waals surface area (Å²) >= 11 is 10.5. The van der Waals surface area contributed by atoms with E-state index in [1.165, 1.54) is 11.0 Å². The third kappa shape index (κ3) is 5.66. The smallest absolute Gasteiger partial charge is 0.209 e. The van der Waals surface area contributed by atoms with Crippen molar-refractivity contribution < 1.29 is 4.79 Å². The number of likely N-dealkylation sites (N-methyl/N-ethyl adjacent to an activating group) is 1. The van der Waals surface area contributed by atoms with Crippen LogP contribution in [0.1, 0.15) is 0 Å². The van der Waals surface area contributed by atoms with Gasteiger partial charge in [-0.2, -0.15) is 0 Å². The molecule has 0 atom stereocenters. The van der Waals surface area contributed by atoms with Crippen molar-refractivity contribution >= 4 is 29.6 Å². The number of amides is 1. The predicted octanol–water partition coefficient (Wildman–Crippen LogP) is 1.39. The minimum absolute atomic E-state index is 0.184. The van der Waals surface area contributed by atoms with Gasteiger partial charge in [-0.3, -0.25) is 4.79 Å². The molecule has 0 N–H and O–H groups in total. The van der Waals surface area contributed by atoms with E-state index >= 15 is 0 Å². The van der Waals surface area contributed by atoms with E-state index in [0.717, 1.165) is 0 Å². The molecule has 52 valence electrons. The topological polar surface area (TPSA) is 20.3 Å². The number of rotatable bonds is 3. The molecule has 0 spiro atoms. The van der Waals surface area contributed by atoms with Crippen LogP contribution in [0, 0.1) is 0 Å². The van der Waals surface area contributed by atoms with Gasteiger partial charge in [0.25, 0.3) is 0 Å². The standard InChI is InChI=1S/C5H7Cl2NO/c1-8(4-9)3-2-5(6)7/h2,4H,3H2,1H3. The van der Waals surface area contributed by atoms with Gasteiger partial charge in [-0.25, -0.2) is 0 Å². The Bertz CT molecular complexity index is 120. The summed E-state index contributed by atoms with van der Waals surface area (Å²) in [5.74, 6) is 0. The molecule has 0 aliphatic carbocycles. The summed E-state index contributed by atoms with van der Waals surface area (Å²) in [6.45, 7) is 0.450. The quantitative estimate of drug-likeness (QED) is 0.583. The molecule has 2 nitrogen and oxygen atoms in total. The first-order valence-electron chi connectivity index (χ1n) is 2.33. The molecule has 0 unspecified atom stereocenters. The van der Waals surface area contributed by atoms with Gasteiger partial charge >= 0.3 is 0 Å². The Kier molecular flexibility index (Phi) is 4.54. The molecule has 0 saturated heterocycles. The van der Waals surface area contributed by atoms with Crippen molar-refractivity contribution in [1.29, 1.82) is 0 Å². The van der Waals surface area contributed by atoms with Gasteiger partial charge in [0.05, 0.1) is 0 Å². The van der Waals surface area contributed by atoms with E-state index < -0.39 is 0 Å². The Morgan fingerprint density at radius 3 is 2.56 bits per heavy atom. The molecule has 0 aliphatic heterocycles. The normalized spacial score (nSPS) is 8.33. The number of hydrogen-bond donors (Lipinski definition) is 0. The fourth-order valence-electron chi connectivity index (χ4n) is 0.256. The lowest BCUT2D eigenvalue weighted by molar-refractivity contribution is -0.116. The molecule has 0 bridgehead atoms. The van der Waals surface area contributed by atoms with Crippen LogP contribution in [0.15, 0.2) is 10.6 Å². The molecule has 0 fully saturated rings. The van der Waals surface area contributed by atoms with E-state index in [1.54, 1.807) is 7.05 Å². The van der Waals surface area contributed by atoms with Gasteiger partial charge in [0.2, 0.25) is 6.41 Å². The molecule has 0 aliphatic rings. The van der Waals surface area contributed by atoms with Gasteiger partial charge in [-0.15, -0.1) is 0 Å². The lowest BCUT2D eigenvalue weighted by atomic mass is 10.6. The van der Waals surface area contributed by atoms with Crippen LogP contribution in [-0.2, 0) is 4.79 Å². The van der Waals surface area contributed by atoms with E-state index in [-0.39, 0.29) is 4.49 Å². The summed E-state index contributed by atoms with van der Waals surface area (Å²) in [5, 5.41) is 0. The van der Waals surface area contributed by atoms with E-state index in [2.05, 4.69) is 0 Å². The van der Waals surface area contributed by atoms with Gasteiger partial charge in [0.15, 0.2) is 0 Å². The number of halogens is 2. The molecule has 0 aromatic carbocycles. The lowest BCUT2D eigenvalue weighted by Crippen LogP contribution is -2.15. The zero-order valence-corrected chi connectivity index (χ0v) is 6.49. The van der Waals surface area contributed by atoms with Crippen LogP contribution in [0.4, 0.5) is 0 Å². The van der Waals surface area contributed by atoms with Crippen LogP contribution in [-0.4, -0.2) is 24.9 Å². The van der Waals surface area contributed by atoms with Gasteiger partial charge in [0.1, 0.15) is 4.49 Å². The average Bonchev–Trinajstić information content (AvgIpc) is 1.83. The number of nitrogens with zero attached hydrogens (tertiary/aromatic N) is 1. The first kappa shape index (κ1) is 8.79. The molecule has 0 rings (SSSR count). The molecule has 0 aromatic heterocycles. The van der Waals surface area contributed by atoms with Crippen molar-refractivity contribution in [3.8, 4) is 0 Å². The minimum atomic E-state index is 0.184. The minimum Gasteiger partial charge on any atom is -0.345 e. The Morgan fingerprint density at radius 2 is 2.22 bits per heavy atom. The van der Waals surface area contributed by atoms with Crippen LogP contribution < -0.4 is 0 Å². The molecule has 0 radical (unpaired) electrons. The van der Waals surface area contributed by atoms with Gasteiger partial charge in [0, 0.05) is 13.6 Å². The van der Waals surface area contributed by atoms with E-state index in [4.69, 9.17) is 23.2 Å². The van der Waals surface area contributed by atoms with E-state index in [1.807, 2.05) is 0 Å². The highest BCUT2D eigenvalue weighted by molar-refractivity contribution is 6.55. The Balaban J connectivity index is 3.49. The van der Waals surface area contributed by atoms with Gasteiger partial charge in [-0.1, -0.05) is 23.2 Å². The summed E-state index contributed by atoms with van der Waals surface area (Å²) in [5.41, 5.74) is 0. The maximum absolute atomic E-state index is 9.93. The van der Waals surface area contributed by atoms with Crippen LogP contribution in [0.5, 0.6) is 0 Å². The monoisotopic (exact) mass is 167 g/mol. The number of carbonyl (C=O) groups excluding carboxylic acids is 1. The van der Waals surface area contributed by atoms with Crippen LogP contribution >= 0.6 is 23.2 Å². The highest BCUT2D eigenvalue weighted by atomic mass is 35.5. The second-order valence-corrected chi connectivity index (χ2v) is 2.55. The molecule has 4 heteroatoms.